The van der Waals surface area contributed by atoms with Gasteiger partial charge in [0.1, 0.15) is 6.04 Å². The highest BCUT2D eigenvalue weighted by atomic mass is 31.2. The van der Waals surface area contributed by atoms with Gasteiger partial charge in [0.2, 0.25) is 5.34 Å². The van der Waals surface area contributed by atoms with Crippen LogP contribution >= 0.6 is 7.60 Å². The number of rotatable bonds is 21. The highest BCUT2D eigenvalue weighted by Gasteiger charge is 2.56. The van der Waals surface area contributed by atoms with Crippen molar-refractivity contribution >= 4 is 7.60 Å². The average Bonchev–Trinajstić information content (AvgIpc) is 2.66. The second-order valence-corrected chi connectivity index (χ2v) is 12.4. The van der Waals surface area contributed by atoms with Gasteiger partial charge in [0.15, 0.2) is 0 Å². The number of quaternary nitrogens is 1. The molecule has 2 unspecified atom stereocenters. The molecule has 188 valence electrons. The Morgan fingerprint density at radius 3 is 1.35 bits per heavy atom. The van der Waals surface area contributed by atoms with E-state index < -0.39 is 19.0 Å². The molecule has 6 heteroatoms. The third-order valence-corrected chi connectivity index (χ3v) is 8.23. The Labute approximate surface area is 193 Å². The number of hydrogen-bond acceptors (Lipinski definition) is 2. The van der Waals surface area contributed by atoms with Gasteiger partial charge in [-0.15, -0.1) is 0 Å². The van der Waals surface area contributed by atoms with Gasteiger partial charge in [-0.1, -0.05) is 104 Å². The number of hydrogen-bond donors (Lipinski definition) is 3. The minimum atomic E-state index is -4.63. The lowest BCUT2D eigenvalue weighted by molar-refractivity contribution is -0.902. The molecule has 0 aromatic carbocycles. The van der Waals surface area contributed by atoms with E-state index in [-0.39, 0.29) is 6.42 Å². The summed E-state index contributed by atoms with van der Waals surface area (Å²) in [5, 5.41) is 9.25. The summed E-state index contributed by atoms with van der Waals surface area (Å²) in [6.45, 7) is 4.32. The summed E-state index contributed by atoms with van der Waals surface area (Å²) in [5.41, 5.74) is 0. The van der Waals surface area contributed by atoms with Gasteiger partial charge in [-0.2, -0.15) is 0 Å². The Morgan fingerprint density at radius 1 is 0.677 bits per heavy atom. The van der Waals surface area contributed by atoms with Crippen molar-refractivity contribution in [1.29, 1.82) is 0 Å². The van der Waals surface area contributed by atoms with Crippen LogP contribution in [-0.2, 0) is 4.57 Å². The maximum atomic E-state index is 12.3. The van der Waals surface area contributed by atoms with Crippen molar-refractivity contribution in [1.82, 2.24) is 0 Å². The lowest BCUT2D eigenvalue weighted by atomic mass is 9.95. The molecule has 0 aliphatic rings. The number of unbranched alkanes of at least 4 members (excludes halogenated alkanes) is 14. The smallest absolute Gasteiger partial charge is 0.363 e. The van der Waals surface area contributed by atoms with Crippen LogP contribution in [0.3, 0.4) is 0 Å². The fourth-order valence-corrected chi connectivity index (χ4v) is 6.04. The fourth-order valence-electron chi connectivity index (χ4n) is 4.72. The monoisotopic (exact) mass is 464 g/mol. The van der Waals surface area contributed by atoms with E-state index in [0.717, 1.165) is 25.7 Å². The van der Waals surface area contributed by atoms with Crippen LogP contribution in [0.25, 0.3) is 0 Å². The summed E-state index contributed by atoms with van der Waals surface area (Å²) in [4.78, 5) is 20.0. The molecule has 0 aliphatic carbocycles. The highest BCUT2D eigenvalue weighted by molar-refractivity contribution is 7.53. The van der Waals surface area contributed by atoms with Crippen LogP contribution in [0, 0.1) is 0 Å². The summed E-state index contributed by atoms with van der Waals surface area (Å²) in [6.07, 6.45) is 19.9. The third kappa shape index (κ3) is 13.4. The van der Waals surface area contributed by atoms with Gasteiger partial charge < -0.3 is 19.4 Å². The van der Waals surface area contributed by atoms with Gasteiger partial charge in [0.05, 0.1) is 21.1 Å². The molecule has 0 saturated carbocycles. The SMILES string of the molecule is CCCCCCCCCCCCCCCCC(O)(C(CCCC)[N+](C)(C)C)P(=O)(O)O. The van der Waals surface area contributed by atoms with Gasteiger partial charge in [0, 0.05) is 6.42 Å². The van der Waals surface area contributed by atoms with Crippen LogP contribution in [0.1, 0.15) is 129 Å². The molecule has 5 nitrogen and oxygen atoms in total. The topological polar surface area (TPSA) is 77.8 Å². The molecular weight excluding hydrogens is 409 g/mol. The molecule has 0 aliphatic heterocycles. The molecular formula is C25H55NO4P+. The van der Waals surface area contributed by atoms with Crippen LogP contribution in [0.15, 0.2) is 0 Å². The first-order valence-corrected chi connectivity index (χ1v) is 14.7. The molecule has 0 bridgehead atoms. The molecule has 0 rings (SSSR count). The first-order valence-electron chi connectivity index (χ1n) is 13.1. The molecule has 0 aromatic heterocycles. The maximum absolute atomic E-state index is 12.3. The van der Waals surface area contributed by atoms with Crippen molar-refractivity contribution in [3.63, 3.8) is 0 Å². The van der Waals surface area contributed by atoms with Crippen LogP contribution in [0.4, 0.5) is 0 Å². The quantitative estimate of drug-likeness (QED) is 0.0972. The summed E-state index contributed by atoms with van der Waals surface area (Å²) in [7, 11) is 1.14. The molecule has 0 aromatic rings. The van der Waals surface area contributed by atoms with Gasteiger partial charge >= 0.3 is 7.60 Å². The van der Waals surface area contributed by atoms with Gasteiger partial charge in [-0.3, -0.25) is 4.57 Å². The Kier molecular flexibility index (Phi) is 16.7. The molecule has 2 atom stereocenters. The molecule has 0 amide bonds. The maximum Gasteiger partial charge on any atom is 0.363 e. The predicted octanol–water partition coefficient (Wildman–Crippen LogP) is 6.99. The lowest BCUT2D eigenvalue weighted by Crippen LogP contribution is -2.58. The van der Waals surface area contributed by atoms with E-state index in [1.54, 1.807) is 0 Å². The molecule has 0 saturated heterocycles. The molecule has 0 fully saturated rings. The Hall–Kier alpha value is 0.0700. The third-order valence-electron chi connectivity index (χ3n) is 6.70. The van der Waals surface area contributed by atoms with Crippen molar-refractivity contribution in [2.24, 2.45) is 0 Å². The molecule has 3 N–H and O–H groups in total. The summed E-state index contributed by atoms with van der Waals surface area (Å²) >= 11 is 0. The van der Waals surface area contributed by atoms with E-state index in [4.69, 9.17) is 0 Å². The van der Waals surface area contributed by atoms with Crippen molar-refractivity contribution in [3.05, 3.63) is 0 Å². The number of likely N-dealkylation sites (N-methyl/N-ethyl adjacent to an activating group) is 1. The van der Waals surface area contributed by atoms with E-state index in [2.05, 4.69) is 13.8 Å². The summed E-state index contributed by atoms with van der Waals surface area (Å²) < 4.78 is 12.7. The highest BCUT2D eigenvalue weighted by Crippen LogP contribution is 2.55. The van der Waals surface area contributed by atoms with Gasteiger partial charge in [0.25, 0.3) is 0 Å². The summed E-state index contributed by atoms with van der Waals surface area (Å²) in [6, 6.07) is -0.463. The predicted molar refractivity (Wildman–Crippen MR) is 133 cm³/mol. The zero-order valence-electron chi connectivity index (χ0n) is 21.4. The van der Waals surface area contributed by atoms with Crippen molar-refractivity contribution in [2.45, 2.75) is 141 Å². The van der Waals surface area contributed by atoms with Gasteiger partial charge in [-0.25, -0.2) is 0 Å². The minimum absolute atomic E-state index is 0.180. The molecule has 31 heavy (non-hydrogen) atoms. The minimum Gasteiger partial charge on any atom is -0.373 e. The zero-order valence-corrected chi connectivity index (χ0v) is 22.3. The Bertz CT molecular complexity index is 475. The fraction of sp³-hybridized carbons (Fsp3) is 1.00. The number of aliphatic hydroxyl groups is 1. The zero-order chi connectivity index (χ0) is 23.8. The normalized spacial score (nSPS) is 15.7. The van der Waals surface area contributed by atoms with Crippen molar-refractivity contribution < 1.29 is 23.9 Å². The van der Waals surface area contributed by atoms with E-state index in [0.29, 0.717) is 17.3 Å². The van der Waals surface area contributed by atoms with E-state index in [1.165, 1.54) is 70.6 Å². The Balaban J connectivity index is 4.19. The van der Waals surface area contributed by atoms with Crippen molar-refractivity contribution in [2.75, 3.05) is 21.1 Å². The first-order chi connectivity index (χ1) is 14.5. The first kappa shape index (κ1) is 31.1. The second-order valence-electron chi connectivity index (χ2n) is 10.5. The van der Waals surface area contributed by atoms with Gasteiger partial charge in [-0.05, 0) is 19.3 Å². The molecule has 0 heterocycles. The second kappa shape index (κ2) is 16.6. The Morgan fingerprint density at radius 2 is 1.03 bits per heavy atom. The van der Waals surface area contributed by atoms with Crippen molar-refractivity contribution in [3.8, 4) is 0 Å². The molecule has 0 radical (unpaired) electrons. The standard InChI is InChI=1S/C25H54NO4P/c1-6-8-10-11-12-13-14-15-16-17-18-19-20-21-23-25(27,31(28,29)30)24(22-9-7-2)26(3,4)5/h24,27H,6-23H2,1-5H3,(H-,28,29,30)/p+1. The molecule has 0 spiro atoms. The largest absolute Gasteiger partial charge is 0.373 e. The lowest BCUT2D eigenvalue weighted by Gasteiger charge is -2.44. The summed E-state index contributed by atoms with van der Waals surface area (Å²) in [5.74, 6) is 0. The van der Waals surface area contributed by atoms with Crippen LogP contribution in [-0.4, -0.2) is 51.9 Å². The number of nitrogens with zero attached hydrogens (tertiary/aromatic N) is 1. The average molecular weight is 465 g/mol. The van der Waals surface area contributed by atoms with Crippen LogP contribution in [0.5, 0.6) is 0 Å². The van der Waals surface area contributed by atoms with E-state index >= 15 is 0 Å². The van der Waals surface area contributed by atoms with E-state index in [1.807, 2.05) is 21.1 Å². The van der Waals surface area contributed by atoms with Crippen LogP contribution < -0.4 is 0 Å². The van der Waals surface area contributed by atoms with E-state index in [9.17, 15) is 19.5 Å². The van der Waals surface area contributed by atoms with Crippen LogP contribution in [0.2, 0.25) is 0 Å².